The Morgan fingerprint density at radius 3 is 2.90 bits per heavy atom. The Morgan fingerprint density at radius 1 is 1.35 bits per heavy atom. The molecule has 1 amide bonds. The van der Waals surface area contributed by atoms with E-state index in [1.807, 2.05) is 0 Å². The number of anilines is 1. The number of aromatic nitrogens is 1. The van der Waals surface area contributed by atoms with Gasteiger partial charge in [0.1, 0.15) is 23.9 Å². The van der Waals surface area contributed by atoms with E-state index in [1.54, 1.807) is 23.6 Å². The molecule has 104 valence electrons. The number of carbonyl (C=O) groups is 1. The van der Waals surface area contributed by atoms with Crippen molar-refractivity contribution in [2.45, 2.75) is 6.54 Å². The Balaban J connectivity index is 1.75. The van der Waals surface area contributed by atoms with Gasteiger partial charge in [-0.2, -0.15) is 0 Å². The van der Waals surface area contributed by atoms with Crippen LogP contribution in [-0.4, -0.2) is 24.1 Å². The summed E-state index contributed by atoms with van der Waals surface area (Å²) < 4.78 is 10.9. The number of nitrogens with one attached hydrogen (secondary N) is 1. The van der Waals surface area contributed by atoms with Crippen molar-refractivity contribution in [3.8, 4) is 11.5 Å². The number of ether oxygens (including phenoxy) is 2. The highest BCUT2D eigenvalue weighted by molar-refractivity contribution is 7.09. The predicted octanol–water partition coefficient (Wildman–Crippen LogP) is 1.63. The minimum atomic E-state index is -0.266. The molecule has 0 fully saturated rings. The minimum Gasteiger partial charge on any atom is -0.486 e. The molecule has 0 spiro atoms. The van der Waals surface area contributed by atoms with Crippen molar-refractivity contribution < 1.29 is 14.3 Å². The maximum atomic E-state index is 12.0. The van der Waals surface area contributed by atoms with Gasteiger partial charge in [0, 0.05) is 23.7 Å². The maximum absolute atomic E-state index is 12.0. The summed E-state index contributed by atoms with van der Waals surface area (Å²) in [7, 11) is 0. The standard InChI is InChI=1S/C13H13N3O3S/c14-6-12-16-9(7-20-12)13(17)15-8-1-2-10-11(5-8)19-4-3-18-10/h1-2,5,7H,3-4,6,14H2,(H,15,17). The molecule has 0 aliphatic carbocycles. The van der Waals surface area contributed by atoms with Crippen LogP contribution in [0.4, 0.5) is 5.69 Å². The molecule has 0 radical (unpaired) electrons. The van der Waals surface area contributed by atoms with E-state index in [9.17, 15) is 4.79 Å². The monoisotopic (exact) mass is 291 g/mol. The molecule has 1 aliphatic heterocycles. The molecule has 1 aliphatic rings. The van der Waals surface area contributed by atoms with Crippen molar-refractivity contribution >= 4 is 22.9 Å². The molecular formula is C13H13N3O3S. The third kappa shape index (κ3) is 2.59. The summed E-state index contributed by atoms with van der Waals surface area (Å²) in [5.74, 6) is 1.06. The summed E-state index contributed by atoms with van der Waals surface area (Å²) in [6, 6.07) is 5.28. The molecule has 20 heavy (non-hydrogen) atoms. The smallest absolute Gasteiger partial charge is 0.275 e. The molecular weight excluding hydrogens is 278 g/mol. The highest BCUT2D eigenvalue weighted by Crippen LogP contribution is 2.32. The van der Waals surface area contributed by atoms with Crippen molar-refractivity contribution in [3.63, 3.8) is 0 Å². The number of amides is 1. The maximum Gasteiger partial charge on any atom is 0.275 e. The average molecular weight is 291 g/mol. The van der Waals surface area contributed by atoms with Gasteiger partial charge in [-0.25, -0.2) is 4.98 Å². The van der Waals surface area contributed by atoms with E-state index in [4.69, 9.17) is 15.2 Å². The van der Waals surface area contributed by atoms with E-state index in [-0.39, 0.29) is 5.91 Å². The number of rotatable bonds is 3. The first-order chi connectivity index (χ1) is 9.76. The number of nitrogens with zero attached hydrogens (tertiary/aromatic N) is 1. The van der Waals surface area contributed by atoms with Gasteiger partial charge in [-0.05, 0) is 12.1 Å². The lowest BCUT2D eigenvalue weighted by Gasteiger charge is -2.18. The van der Waals surface area contributed by atoms with E-state index in [0.717, 1.165) is 5.01 Å². The number of thiazole rings is 1. The normalized spacial score (nSPS) is 13.1. The molecule has 1 aromatic carbocycles. The van der Waals surface area contributed by atoms with Crippen molar-refractivity contribution in [1.29, 1.82) is 0 Å². The fourth-order valence-electron chi connectivity index (χ4n) is 1.83. The molecule has 2 aromatic rings. The zero-order chi connectivity index (χ0) is 13.9. The van der Waals surface area contributed by atoms with E-state index >= 15 is 0 Å². The molecule has 0 unspecified atom stereocenters. The lowest BCUT2D eigenvalue weighted by atomic mass is 10.2. The summed E-state index contributed by atoms with van der Waals surface area (Å²) in [6.07, 6.45) is 0. The van der Waals surface area contributed by atoms with Crippen LogP contribution in [0.5, 0.6) is 11.5 Å². The molecule has 7 heteroatoms. The first kappa shape index (κ1) is 12.9. The third-order valence-electron chi connectivity index (χ3n) is 2.76. The summed E-state index contributed by atoms with van der Waals surface area (Å²) in [5.41, 5.74) is 6.48. The van der Waals surface area contributed by atoms with E-state index in [0.29, 0.717) is 42.6 Å². The molecule has 0 bridgehead atoms. The van der Waals surface area contributed by atoms with Gasteiger partial charge in [0.15, 0.2) is 11.5 Å². The second kappa shape index (κ2) is 5.48. The minimum absolute atomic E-state index is 0.266. The highest BCUT2D eigenvalue weighted by atomic mass is 32.1. The largest absolute Gasteiger partial charge is 0.486 e. The topological polar surface area (TPSA) is 86.5 Å². The van der Waals surface area contributed by atoms with Crippen LogP contribution in [0.15, 0.2) is 23.6 Å². The summed E-state index contributed by atoms with van der Waals surface area (Å²) in [6.45, 7) is 1.39. The van der Waals surface area contributed by atoms with Crippen molar-refractivity contribution in [2.75, 3.05) is 18.5 Å². The number of nitrogens with two attached hydrogens (primary N) is 1. The number of carbonyl (C=O) groups excluding carboxylic acids is 1. The van der Waals surface area contributed by atoms with Gasteiger partial charge < -0.3 is 20.5 Å². The van der Waals surface area contributed by atoms with E-state index in [2.05, 4.69) is 10.3 Å². The number of hydrogen-bond acceptors (Lipinski definition) is 6. The molecule has 0 atom stereocenters. The fourth-order valence-corrected chi connectivity index (χ4v) is 2.48. The number of fused-ring (bicyclic) bond motifs is 1. The Kier molecular flexibility index (Phi) is 3.53. The van der Waals surface area contributed by atoms with Crippen LogP contribution < -0.4 is 20.5 Å². The van der Waals surface area contributed by atoms with Crippen LogP contribution in [0.25, 0.3) is 0 Å². The van der Waals surface area contributed by atoms with Crippen molar-refractivity contribution in [3.05, 3.63) is 34.3 Å². The van der Waals surface area contributed by atoms with Crippen LogP contribution in [0.1, 0.15) is 15.5 Å². The van der Waals surface area contributed by atoms with Gasteiger partial charge >= 0.3 is 0 Å². The van der Waals surface area contributed by atoms with Gasteiger partial charge in [0.25, 0.3) is 5.91 Å². The lowest BCUT2D eigenvalue weighted by Crippen LogP contribution is -2.16. The second-order valence-electron chi connectivity index (χ2n) is 4.14. The average Bonchev–Trinajstić information content (AvgIpc) is 2.96. The molecule has 0 saturated carbocycles. The Bertz CT molecular complexity index is 642. The van der Waals surface area contributed by atoms with Gasteiger partial charge in [-0.3, -0.25) is 4.79 Å². The van der Waals surface area contributed by atoms with Crippen LogP contribution in [0, 0.1) is 0 Å². The quantitative estimate of drug-likeness (QED) is 0.897. The molecule has 0 saturated heterocycles. The Morgan fingerprint density at radius 2 is 2.15 bits per heavy atom. The van der Waals surface area contributed by atoms with Crippen molar-refractivity contribution in [1.82, 2.24) is 4.98 Å². The Hall–Kier alpha value is -2.12. The molecule has 6 nitrogen and oxygen atoms in total. The third-order valence-corrected chi connectivity index (χ3v) is 3.63. The fraction of sp³-hybridized carbons (Fsp3) is 0.231. The lowest BCUT2D eigenvalue weighted by molar-refractivity contribution is 0.102. The van der Waals surface area contributed by atoms with Gasteiger partial charge in [-0.15, -0.1) is 11.3 Å². The van der Waals surface area contributed by atoms with Crippen LogP contribution in [0.2, 0.25) is 0 Å². The summed E-state index contributed by atoms with van der Waals surface area (Å²) >= 11 is 1.37. The SMILES string of the molecule is NCc1nc(C(=O)Nc2ccc3c(c2)OCCO3)cs1. The first-order valence-electron chi connectivity index (χ1n) is 6.12. The van der Waals surface area contributed by atoms with Gasteiger partial charge in [0.05, 0.1) is 0 Å². The van der Waals surface area contributed by atoms with Crippen LogP contribution >= 0.6 is 11.3 Å². The molecule has 2 heterocycles. The van der Waals surface area contributed by atoms with Gasteiger partial charge in [-0.1, -0.05) is 0 Å². The molecule has 3 rings (SSSR count). The predicted molar refractivity (Wildman–Crippen MR) is 75.4 cm³/mol. The Labute approximate surface area is 119 Å². The number of benzene rings is 1. The highest BCUT2D eigenvalue weighted by Gasteiger charge is 2.14. The molecule has 1 aromatic heterocycles. The van der Waals surface area contributed by atoms with E-state index < -0.39 is 0 Å². The summed E-state index contributed by atoms with van der Waals surface area (Å²) in [4.78, 5) is 16.2. The zero-order valence-electron chi connectivity index (χ0n) is 10.6. The molecule has 3 N–H and O–H groups in total. The first-order valence-corrected chi connectivity index (χ1v) is 6.99. The number of hydrogen-bond donors (Lipinski definition) is 2. The van der Waals surface area contributed by atoms with Crippen LogP contribution in [-0.2, 0) is 6.54 Å². The van der Waals surface area contributed by atoms with E-state index in [1.165, 1.54) is 11.3 Å². The summed E-state index contributed by atoms with van der Waals surface area (Å²) in [5, 5.41) is 5.20. The van der Waals surface area contributed by atoms with Crippen molar-refractivity contribution in [2.24, 2.45) is 5.73 Å². The zero-order valence-corrected chi connectivity index (χ0v) is 11.4. The van der Waals surface area contributed by atoms with Crippen LogP contribution in [0.3, 0.4) is 0 Å². The second-order valence-corrected chi connectivity index (χ2v) is 5.09. The van der Waals surface area contributed by atoms with Gasteiger partial charge in [0.2, 0.25) is 0 Å².